The van der Waals surface area contributed by atoms with Crippen LogP contribution in [0.25, 0.3) is 0 Å². The standard InChI is InChI=1S/C13H23NO6/c1-8(15)10(11(17)19-5)6-9(16)7-14-12(18)20-13(2,3)4/h8,10,15H,6-7H2,1-5H3,(H,14,18)/t8-,10+/m1/s1. The zero-order valence-corrected chi connectivity index (χ0v) is 12.6. The fourth-order valence-electron chi connectivity index (χ4n) is 1.40. The summed E-state index contributed by atoms with van der Waals surface area (Å²) in [6.45, 7) is 6.24. The van der Waals surface area contributed by atoms with Gasteiger partial charge in [0.15, 0.2) is 5.78 Å². The molecule has 0 saturated heterocycles. The Balaban J connectivity index is 4.28. The van der Waals surface area contributed by atoms with Crippen molar-refractivity contribution < 1.29 is 29.0 Å². The van der Waals surface area contributed by atoms with Gasteiger partial charge in [0.05, 0.1) is 25.7 Å². The maximum absolute atomic E-state index is 11.7. The first-order valence-electron chi connectivity index (χ1n) is 6.31. The summed E-state index contributed by atoms with van der Waals surface area (Å²) >= 11 is 0. The number of rotatable bonds is 6. The van der Waals surface area contributed by atoms with Gasteiger partial charge < -0.3 is 19.9 Å². The summed E-state index contributed by atoms with van der Waals surface area (Å²) in [5, 5.41) is 11.7. The molecular formula is C13H23NO6. The number of carbonyl (C=O) groups is 3. The highest BCUT2D eigenvalue weighted by Crippen LogP contribution is 2.11. The number of Topliss-reactive ketones (excluding diaryl/α,β-unsaturated/α-hetero) is 1. The van der Waals surface area contributed by atoms with Crippen LogP contribution < -0.4 is 5.32 Å². The SMILES string of the molecule is COC(=O)[C@@H](CC(=O)CNC(=O)OC(C)(C)C)[C@@H](C)O. The van der Waals surface area contributed by atoms with Crippen LogP contribution in [0.2, 0.25) is 0 Å². The highest BCUT2D eigenvalue weighted by Gasteiger charge is 2.27. The number of nitrogens with one attached hydrogen (secondary N) is 1. The minimum atomic E-state index is -1.01. The van der Waals surface area contributed by atoms with Gasteiger partial charge in [0.1, 0.15) is 5.60 Å². The molecule has 7 nitrogen and oxygen atoms in total. The predicted octanol–water partition coefficient (Wildman–Crippen LogP) is 0.640. The lowest BCUT2D eigenvalue weighted by atomic mass is 9.97. The smallest absolute Gasteiger partial charge is 0.408 e. The molecule has 0 aromatic rings. The van der Waals surface area contributed by atoms with Gasteiger partial charge in [-0.1, -0.05) is 0 Å². The maximum atomic E-state index is 11.7. The number of ketones is 1. The second-order valence-electron chi connectivity index (χ2n) is 5.47. The number of hydrogen-bond acceptors (Lipinski definition) is 6. The summed E-state index contributed by atoms with van der Waals surface area (Å²) in [6, 6.07) is 0. The molecule has 2 N–H and O–H groups in total. The Kier molecular flexibility index (Phi) is 7.20. The van der Waals surface area contributed by atoms with Crippen molar-refractivity contribution in [3.63, 3.8) is 0 Å². The van der Waals surface area contributed by atoms with Crippen LogP contribution in [0.15, 0.2) is 0 Å². The van der Waals surface area contributed by atoms with E-state index in [9.17, 15) is 19.5 Å². The van der Waals surface area contributed by atoms with Crippen molar-refractivity contribution >= 4 is 17.8 Å². The molecule has 0 fully saturated rings. The molecule has 2 atom stereocenters. The van der Waals surface area contributed by atoms with E-state index >= 15 is 0 Å². The zero-order chi connectivity index (χ0) is 15.9. The quantitative estimate of drug-likeness (QED) is 0.696. The number of hydrogen-bond donors (Lipinski definition) is 2. The number of aliphatic hydroxyl groups excluding tert-OH is 1. The second-order valence-corrected chi connectivity index (χ2v) is 5.47. The van der Waals surface area contributed by atoms with Crippen LogP contribution in [-0.4, -0.2) is 48.3 Å². The Morgan fingerprint density at radius 1 is 1.25 bits per heavy atom. The lowest BCUT2D eigenvalue weighted by Gasteiger charge is -2.20. The molecule has 116 valence electrons. The van der Waals surface area contributed by atoms with Gasteiger partial charge in [-0.25, -0.2) is 4.79 Å². The van der Waals surface area contributed by atoms with Gasteiger partial charge in [-0.3, -0.25) is 9.59 Å². The number of ether oxygens (including phenoxy) is 2. The van der Waals surface area contributed by atoms with Crippen LogP contribution in [0.3, 0.4) is 0 Å². The predicted molar refractivity (Wildman–Crippen MR) is 71.0 cm³/mol. The van der Waals surface area contributed by atoms with E-state index in [0.29, 0.717) is 0 Å². The fourth-order valence-corrected chi connectivity index (χ4v) is 1.40. The average molecular weight is 289 g/mol. The van der Waals surface area contributed by atoms with E-state index in [0.717, 1.165) is 0 Å². The van der Waals surface area contributed by atoms with Crippen molar-refractivity contribution in [2.45, 2.75) is 45.8 Å². The number of methoxy groups -OCH3 is 1. The molecule has 0 rings (SSSR count). The molecule has 0 heterocycles. The topological polar surface area (TPSA) is 102 Å². The third kappa shape index (κ3) is 7.73. The van der Waals surface area contributed by atoms with Gasteiger partial charge >= 0.3 is 12.1 Å². The first-order chi connectivity index (χ1) is 9.06. The normalized spacial score (nSPS) is 14.1. The fraction of sp³-hybridized carbons (Fsp3) is 0.769. The molecule has 0 saturated carbocycles. The minimum Gasteiger partial charge on any atom is -0.469 e. The zero-order valence-electron chi connectivity index (χ0n) is 12.6. The van der Waals surface area contributed by atoms with Gasteiger partial charge in [-0.15, -0.1) is 0 Å². The summed E-state index contributed by atoms with van der Waals surface area (Å²) in [6.07, 6.45) is -1.93. The average Bonchev–Trinajstić information content (AvgIpc) is 2.30. The number of alkyl carbamates (subject to hydrolysis) is 1. The van der Waals surface area contributed by atoms with Crippen molar-refractivity contribution in [2.24, 2.45) is 5.92 Å². The summed E-state index contributed by atoms with van der Waals surface area (Å²) in [4.78, 5) is 34.4. The maximum Gasteiger partial charge on any atom is 0.408 e. The van der Waals surface area contributed by atoms with Crippen molar-refractivity contribution in [1.29, 1.82) is 0 Å². The molecule has 20 heavy (non-hydrogen) atoms. The summed E-state index contributed by atoms with van der Waals surface area (Å²) in [5.41, 5.74) is -0.651. The molecule has 0 aliphatic rings. The molecule has 0 aromatic heterocycles. The number of amides is 1. The molecule has 0 aromatic carbocycles. The van der Waals surface area contributed by atoms with Crippen molar-refractivity contribution in [2.75, 3.05) is 13.7 Å². The molecule has 0 spiro atoms. The monoisotopic (exact) mass is 289 g/mol. The van der Waals surface area contributed by atoms with Crippen molar-refractivity contribution in [3.8, 4) is 0 Å². The van der Waals surface area contributed by atoms with Crippen LogP contribution in [0.4, 0.5) is 4.79 Å². The Labute approximate surface area is 118 Å². The third-order valence-electron chi connectivity index (χ3n) is 2.36. The van der Waals surface area contributed by atoms with E-state index in [1.165, 1.54) is 14.0 Å². The van der Waals surface area contributed by atoms with Crippen LogP contribution >= 0.6 is 0 Å². The summed E-state index contributed by atoms with van der Waals surface area (Å²) in [5.74, 6) is -1.99. The van der Waals surface area contributed by atoms with E-state index < -0.39 is 35.5 Å². The van der Waals surface area contributed by atoms with Gasteiger partial charge in [0.2, 0.25) is 0 Å². The van der Waals surface area contributed by atoms with E-state index in [4.69, 9.17) is 4.74 Å². The summed E-state index contributed by atoms with van der Waals surface area (Å²) < 4.78 is 9.47. The number of aliphatic hydroxyl groups is 1. The second kappa shape index (κ2) is 7.84. The number of carbonyl (C=O) groups excluding carboxylic acids is 3. The van der Waals surface area contributed by atoms with Gasteiger partial charge in [0.25, 0.3) is 0 Å². The minimum absolute atomic E-state index is 0.208. The summed E-state index contributed by atoms with van der Waals surface area (Å²) in [7, 11) is 1.18. The number of esters is 1. The molecule has 0 bridgehead atoms. The van der Waals surface area contributed by atoms with Crippen LogP contribution in [-0.2, 0) is 19.1 Å². The van der Waals surface area contributed by atoms with Crippen LogP contribution in [0.1, 0.15) is 34.1 Å². The third-order valence-corrected chi connectivity index (χ3v) is 2.36. The molecule has 0 aliphatic carbocycles. The molecule has 7 heteroatoms. The Hall–Kier alpha value is -1.63. The lowest BCUT2D eigenvalue weighted by Crippen LogP contribution is -2.37. The van der Waals surface area contributed by atoms with E-state index in [-0.39, 0.29) is 13.0 Å². The molecule has 0 unspecified atom stereocenters. The first kappa shape index (κ1) is 18.4. The molecule has 0 radical (unpaired) electrons. The van der Waals surface area contributed by atoms with Gasteiger partial charge in [-0.2, -0.15) is 0 Å². The van der Waals surface area contributed by atoms with Crippen molar-refractivity contribution in [3.05, 3.63) is 0 Å². The largest absolute Gasteiger partial charge is 0.469 e. The molecular weight excluding hydrogens is 266 g/mol. The Morgan fingerprint density at radius 2 is 1.80 bits per heavy atom. The van der Waals surface area contributed by atoms with E-state index in [2.05, 4.69) is 10.1 Å². The van der Waals surface area contributed by atoms with Crippen LogP contribution in [0, 0.1) is 5.92 Å². The molecule has 1 amide bonds. The highest BCUT2D eigenvalue weighted by molar-refractivity contribution is 5.88. The first-order valence-corrected chi connectivity index (χ1v) is 6.31. The van der Waals surface area contributed by atoms with Crippen molar-refractivity contribution in [1.82, 2.24) is 5.32 Å². The van der Waals surface area contributed by atoms with E-state index in [1.807, 2.05) is 0 Å². The lowest BCUT2D eigenvalue weighted by molar-refractivity contribution is -0.150. The highest BCUT2D eigenvalue weighted by atomic mass is 16.6. The van der Waals surface area contributed by atoms with Crippen LogP contribution in [0.5, 0.6) is 0 Å². The van der Waals surface area contributed by atoms with Gasteiger partial charge in [-0.05, 0) is 27.7 Å². The molecule has 0 aliphatic heterocycles. The Bertz CT molecular complexity index is 358. The van der Waals surface area contributed by atoms with Gasteiger partial charge in [0, 0.05) is 6.42 Å². The van der Waals surface area contributed by atoms with E-state index in [1.54, 1.807) is 20.8 Å². The Morgan fingerprint density at radius 3 is 2.20 bits per heavy atom.